The molecule has 1 N–H and O–H groups in total. The third-order valence-corrected chi connectivity index (χ3v) is 3.37. The molecule has 1 aliphatic rings. The predicted molar refractivity (Wildman–Crippen MR) is 74.9 cm³/mol. The van der Waals surface area contributed by atoms with E-state index in [1.165, 1.54) is 16.7 Å². The smallest absolute Gasteiger partial charge is 0.0768 e. The zero-order chi connectivity index (χ0) is 12.4. The van der Waals surface area contributed by atoms with Gasteiger partial charge in [0.05, 0.1) is 5.71 Å². The first-order chi connectivity index (χ1) is 8.84. The zero-order valence-corrected chi connectivity index (χ0v) is 10.4. The summed E-state index contributed by atoms with van der Waals surface area (Å²) in [5.74, 6) is 0.355. The largest absolute Gasteiger partial charge is 0.309 e. The van der Waals surface area contributed by atoms with Gasteiger partial charge in [-0.3, -0.25) is 0 Å². The third-order valence-electron chi connectivity index (χ3n) is 3.37. The molecule has 0 saturated heterocycles. The highest BCUT2D eigenvalue weighted by Gasteiger charge is 2.23. The van der Waals surface area contributed by atoms with E-state index in [1.807, 2.05) is 0 Å². The van der Waals surface area contributed by atoms with Crippen molar-refractivity contribution in [2.45, 2.75) is 12.8 Å². The summed E-state index contributed by atoms with van der Waals surface area (Å²) in [6.07, 6.45) is 0. The average molecular weight is 236 g/mol. The van der Waals surface area contributed by atoms with E-state index in [2.05, 4.69) is 72.0 Å². The lowest BCUT2D eigenvalue weighted by Crippen LogP contribution is -2.14. The molecule has 0 spiro atoms. The van der Waals surface area contributed by atoms with Crippen molar-refractivity contribution in [2.75, 3.05) is 6.54 Å². The Kier molecular flexibility index (Phi) is 2.85. The van der Waals surface area contributed by atoms with E-state index >= 15 is 0 Å². The van der Waals surface area contributed by atoms with Gasteiger partial charge in [0.15, 0.2) is 0 Å². The molecule has 0 radical (unpaired) electrons. The summed E-state index contributed by atoms with van der Waals surface area (Å²) in [7, 11) is 0. The van der Waals surface area contributed by atoms with Crippen LogP contribution in [0.3, 0.4) is 0 Å². The van der Waals surface area contributed by atoms with Crippen LogP contribution in [0.15, 0.2) is 59.7 Å². The average Bonchev–Trinajstić information content (AvgIpc) is 2.90. The van der Waals surface area contributed by atoms with Gasteiger partial charge in [-0.25, -0.2) is 0 Å². The molecule has 1 atom stereocenters. The van der Waals surface area contributed by atoms with Crippen LogP contribution in [0.4, 0.5) is 0 Å². The molecule has 1 unspecified atom stereocenters. The summed E-state index contributed by atoms with van der Waals surface area (Å²) in [4.78, 5) is 0. The quantitative estimate of drug-likeness (QED) is 0.851. The molecule has 3 rings (SSSR count). The van der Waals surface area contributed by atoms with Crippen LogP contribution in [0.5, 0.6) is 0 Å². The van der Waals surface area contributed by atoms with Crippen LogP contribution in [0.1, 0.15) is 22.6 Å². The predicted octanol–water partition coefficient (Wildman–Crippen LogP) is 3.09. The van der Waals surface area contributed by atoms with Gasteiger partial charge in [0.2, 0.25) is 0 Å². The summed E-state index contributed by atoms with van der Waals surface area (Å²) in [5.41, 5.74) is 8.07. The number of aryl methyl sites for hydroxylation is 1. The molecule has 0 aromatic heterocycles. The molecule has 0 bridgehead atoms. The molecule has 18 heavy (non-hydrogen) atoms. The lowest BCUT2D eigenvalue weighted by Gasteiger charge is -2.12. The van der Waals surface area contributed by atoms with Crippen LogP contribution in [0.2, 0.25) is 0 Å². The van der Waals surface area contributed by atoms with Crippen molar-refractivity contribution in [1.82, 2.24) is 5.43 Å². The normalized spacial score (nSPS) is 18.3. The minimum atomic E-state index is 0.355. The van der Waals surface area contributed by atoms with Gasteiger partial charge in [-0.05, 0) is 18.1 Å². The van der Waals surface area contributed by atoms with Crippen molar-refractivity contribution in [2.24, 2.45) is 5.10 Å². The summed E-state index contributed by atoms with van der Waals surface area (Å²) in [6, 6.07) is 19.1. The molecular formula is C16H16N2. The van der Waals surface area contributed by atoms with Crippen LogP contribution < -0.4 is 5.43 Å². The molecule has 1 heterocycles. The van der Waals surface area contributed by atoms with E-state index < -0.39 is 0 Å². The number of hydrogen-bond donors (Lipinski definition) is 1. The Morgan fingerprint density at radius 1 is 1.00 bits per heavy atom. The van der Waals surface area contributed by atoms with Gasteiger partial charge in [-0.15, -0.1) is 0 Å². The molecule has 90 valence electrons. The number of hydrogen-bond acceptors (Lipinski definition) is 2. The molecule has 2 aromatic rings. The topological polar surface area (TPSA) is 24.4 Å². The minimum Gasteiger partial charge on any atom is -0.309 e. The van der Waals surface area contributed by atoms with E-state index in [9.17, 15) is 0 Å². The molecule has 0 aliphatic carbocycles. The number of rotatable bonds is 2. The summed E-state index contributed by atoms with van der Waals surface area (Å²) >= 11 is 0. The van der Waals surface area contributed by atoms with Crippen LogP contribution in [0, 0.1) is 6.92 Å². The standard InChI is InChI=1S/C16H16N2/c1-12-7-9-14(10-8-12)16-15(11-17-18-16)13-5-3-2-4-6-13/h2-10,15,17H,11H2,1H3. The Labute approximate surface area is 107 Å². The lowest BCUT2D eigenvalue weighted by atomic mass is 9.90. The first-order valence-corrected chi connectivity index (χ1v) is 6.27. The van der Waals surface area contributed by atoms with Crippen LogP contribution in [-0.4, -0.2) is 12.3 Å². The Morgan fingerprint density at radius 2 is 1.72 bits per heavy atom. The van der Waals surface area contributed by atoms with Crippen molar-refractivity contribution in [3.63, 3.8) is 0 Å². The monoisotopic (exact) mass is 236 g/mol. The van der Waals surface area contributed by atoms with E-state index in [-0.39, 0.29) is 0 Å². The second kappa shape index (κ2) is 4.65. The summed E-state index contributed by atoms with van der Waals surface area (Å²) in [6.45, 7) is 2.99. The highest BCUT2D eigenvalue weighted by molar-refractivity contribution is 6.06. The van der Waals surface area contributed by atoms with Crippen molar-refractivity contribution < 1.29 is 0 Å². The molecule has 2 nitrogen and oxygen atoms in total. The van der Waals surface area contributed by atoms with E-state index in [4.69, 9.17) is 0 Å². The van der Waals surface area contributed by atoms with E-state index in [0.29, 0.717) is 5.92 Å². The van der Waals surface area contributed by atoms with Crippen molar-refractivity contribution in [1.29, 1.82) is 0 Å². The van der Waals surface area contributed by atoms with Crippen LogP contribution in [-0.2, 0) is 0 Å². The highest BCUT2D eigenvalue weighted by atomic mass is 15.3. The molecule has 1 aliphatic heterocycles. The maximum absolute atomic E-state index is 4.46. The highest BCUT2D eigenvalue weighted by Crippen LogP contribution is 2.24. The Hall–Kier alpha value is -2.09. The number of hydrazone groups is 1. The minimum absolute atomic E-state index is 0.355. The van der Waals surface area contributed by atoms with Crippen molar-refractivity contribution in [3.8, 4) is 0 Å². The first kappa shape index (κ1) is 11.0. The van der Waals surface area contributed by atoms with Gasteiger partial charge in [-0.1, -0.05) is 60.2 Å². The van der Waals surface area contributed by atoms with Gasteiger partial charge in [-0.2, -0.15) is 5.10 Å². The van der Waals surface area contributed by atoms with Gasteiger partial charge in [0.1, 0.15) is 0 Å². The van der Waals surface area contributed by atoms with Crippen LogP contribution >= 0.6 is 0 Å². The van der Waals surface area contributed by atoms with Gasteiger partial charge < -0.3 is 5.43 Å². The fraction of sp³-hybridized carbons (Fsp3) is 0.188. The van der Waals surface area contributed by atoms with Gasteiger partial charge >= 0.3 is 0 Å². The fourth-order valence-corrected chi connectivity index (χ4v) is 2.35. The number of nitrogens with zero attached hydrogens (tertiary/aromatic N) is 1. The second-order valence-corrected chi connectivity index (χ2v) is 4.69. The molecule has 2 aromatic carbocycles. The molecule has 0 amide bonds. The SMILES string of the molecule is Cc1ccc(C2=NNCC2c2ccccc2)cc1. The third kappa shape index (κ3) is 2.02. The van der Waals surface area contributed by atoms with Gasteiger partial charge in [0.25, 0.3) is 0 Å². The van der Waals surface area contributed by atoms with Crippen molar-refractivity contribution >= 4 is 5.71 Å². The summed E-state index contributed by atoms with van der Waals surface area (Å²) < 4.78 is 0. The molecule has 0 saturated carbocycles. The molecular weight excluding hydrogens is 220 g/mol. The lowest BCUT2D eigenvalue weighted by molar-refractivity contribution is 0.763. The van der Waals surface area contributed by atoms with Crippen molar-refractivity contribution in [3.05, 3.63) is 71.3 Å². The number of nitrogens with one attached hydrogen (secondary N) is 1. The summed E-state index contributed by atoms with van der Waals surface area (Å²) in [5, 5.41) is 4.46. The zero-order valence-electron chi connectivity index (χ0n) is 10.4. The fourth-order valence-electron chi connectivity index (χ4n) is 2.35. The maximum Gasteiger partial charge on any atom is 0.0768 e. The Balaban J connectivity index is 1.94. The second-order valence-electron chi connectivity index (χ2n) is 4.69. The molecule has 2 heteroatoms. The number of benzene rings is 2. The maximum atomic E-state index is 4.46. The van der Waals surface area contributed by atoms with E-state index in [1.54, 1.807) is 0 Å². The van der Waals surface area contributed by atoms with E-state index in [0.717, 1.165) is 12.3 Å². The Bertz CT molecular complexity index is 555. The van der Waals surface area contributed by atoms with Gasteiger partial charge in [0, 0.05) is 12.5 Å². The first-order valence-electron chi connectivity index (χ1n) is 6.27. The van der Waals surface area contributed by atoms with Crippen LogP contribution in [0.25, 0.3) is 0 Å². The molecule has 0 fully saturated rings. The Morgan fingerprint density at radius 3 is 2.44 bits per heavy atom.